The number of carbonyl (C=O) groups is 2. The standard InChI is InChI=1S/C21H22N8O3/c1-2-16(30)29-10-3-4-15(12-29)25-21-26-19(17(18(22)31)27-28-21)24-14-7-5-13(6-8-14)20-23-9-11-32-20/h2,5-9,11,15H,1,3-4,10,12H2,(H2,22,31)(H2,24,25,26,28). The normalized spacial score (nSPS) is 15.8. The molecule has 0 saturated carbocycles. The van der Waals surface area contributed by atoms with Crippen molar-refractivity contribution in [2.24, 2.45) is 5.73 Å². The van der Waals surface area contributed by atoms with E-state index in [1.54, 1.807) is 23.2 Å². The van der Waals surface area contributed by atoms with Crippen LogP contribution in [0.25, 0.3) is 11.5 Å². The summed E-state index contributed by atoms with van der Waals surface area (Å²) in [4.78, 5) is 33.9. The molecule has 2 amide bonds. The number of nitrogens with one attached hydrogen (secondary N) is 2. The van der Waals surface area contributed by atoms with Gasteiger partial charge in [0.05, 0.1) is 6.20 Å². The highest BCUT2D eigenvalue weighted by Crippen LogP contribution is 2.23. The first-order chi connectivity index (χ1) is 15.5. The number of anilines is 3. The van der Waals surface area contributed by atoms with Crippen LogP contribution in [0.2, 0.25) is 0 Å². The molecule has 0 spiro atoms. The molecule has 1 aliphatic rings. The first-order valence-electron chi connectivity index (χ1n) is 10.0. The molecule has 11 heteroatoms. The maximum Gasteiger partial charge on any atom is 0.273 e. The molecule has 0 bridgehead atoms. The molecule has 1 aromatic carbocycles. The summed E-state index contributed by atoms with van der Waals surface area (Å²) in [5.74, 6) is 0.0348. The zero-order valence-electron chi connectivity index (χ0n) is 17.2. The number of hydrogen-bond donors (Lipinski definition) is 3. The minimum Gasteiger partial charge on any atom is -0.445 e. The number of primary amides is 1. The average Bonchev–Trinajstić information content (AvgIpc) is 3.34. The lowest BCUT2D eigenvalue weighted by Crippen LogP contribution is -2.44. The lowest BCUT2D eigenvalue weighted by atomic mass is 10.1. The van der Waals surface area contributed by atoms with Crippen LogP contribution in [0.5, 0.6) is 0 Å². The molecule has 1 atom stereocenters. The molecule has 164 valence electrons. The van der Waals surface area contributed by atoms with Crippen LogP contribution in [0.15, 0.2) is 53.8 Å². The van der Waals surface area contributed by atoms with Gasteiger partial charge in [-0.15, -0.1) is 10.2 Å². The van der Waals surface area contributed by atoms with E-state index >= 15 is 0 Å². The van der Waals surface area contributed by atoms with Gasteiger partial charge in [-0.1, -0.05) is 6.58 Å². The quantitative estimate of drug-likeness (QED) is 0.474. The number of piperidine rings is 1. The van der Waals surface area contributed by atoms with Crippen molar-refractivity contribution in [2.45, 2.75) is 18.9 Å². The monoisotopic (exact) mass is 434 g/mol. The highest BCUT2D eigenvalue weighted by Gasteiger charge is 2.23. The van der Waals surface area contributed by atoms with Crippen molar-refractivity contribution in [3.05, 3.63) is 55.1 Å². The van der Waals surface area contributed by atoms with E-state index in [4.69, 9.17) is 10.2 Å². The van der Waals surface area contributed by atoms with Crippen molar-refractivity contribution in [3.63, 3.8) is 0 Å². The topological polar surface area (TPSA) is 152 Å². The third kappa shape index (κ3) is 4.72. The maximum absolute atomic E-state index is 11.9. The van der Waals surface area contributed by atoms with Crippen molar-refractivity contribution in [2.75, 3.05) is 23.7 Å². The van der Waals surface area contributed by atoms with Crippen LogP contribution in [-0.2, 0) is 4.79 Å². The molecule has 11 nitrogen and oxygen atoms in total. The van der Waals surface area contributed by atoms with Gasteiger partial charge in [0.25, 0.3) is 5.91 Å². The largest absolute Gasteiger partial charge is 0.445 e. The van der Waals surface area contributed by atoms with Gasteiger partial charge in [0.2, 0.25) is 17.7 Å². The first kappa shape index (κ1) is 21.0. The number of aromatic nitrogens is 4. The van der Waals surface area contributed by atoms with Crippen LogP contribution in [-0.4, -0.2) is 56.0 Å². The molecule has 3 heterocycles. The van der Waals surface area contributed by atoms with Crippen molar-refractivity contribution in [1.82, 2.24) is 25.1 Å². The Morgan fingerprint density at radius 3 is 2.75 bits per heavy atom. The Morgan fingerprint density at radius 1 is 1.25 bits per heavy atom. The number of oxazole rings is 1. The van der Waals surface area contributed by atoms with Crippen LogP contribution in [0.3, 0.4) is 0 Å². The van der Waals surface area contributed by atoms with Crippen LogP contribution in [0, 0.1) is 0 Å². The number of amides is 2. The Bertz CT molecular complexity index is 1110. The zero-order chi connectivity index (χ0) is 22.5. The highest BCUT2D eigenvalue weighted by atomic mass is 16.3. The number of hydrogen-bond acceptors (Lipinski definition) is 9. The van der Waals surface area contributed by atoms with Gasteiger partial charge < -0.3 is 25.7 Å². The molecule has 1 fully saturated rings. The number of nitrogens with zero attached hydrogens (tertiary/aromatic N) is 5. The fraction of sp³-hybridized carbons (Fsp3) is 0.238. The van der Waals surface area contributed by atoms with Gasteiger partial charge in [0, 0.05) is 30.4 Å². The molecule has 1 saturated heterocycles. The van der Waals surface area contributed by atoms with Gasteiger partial charge in [-0.2, -0.15) is 4.98 Å². The summed E-state index contributed by atoms with van der Waals surface area (Å²) in [5.41, 5.74) is 6.82. The number of benzene rings is 1. The Morgan fingerprint density at radius 2 is 2.06 bits per heavy atom. The number of nitrogens with two attached hydrogens (primary N) is 1. The second-order valence-corrected chi connectivity index (χ2v) is 7.21. The van der Waals surface area contributed by atoms with Gasteiger partial charge >= 0.3 is 0 Å². The van der Waals surface area contributed by atoms with Crippen LogP contribution >= 0.6 is 0 Å². The van der Waals surface area contributed by atoms with Crippen LogP contribution in [0.4, 0.5) is 17.5 Å². The molecule has 0 radical (unpaired) electrons. The Hall–Kier alpha value is -4.28. The first-order valence-corrected chi connectivity index (χ1v) is 10.0. The predicted octanol–water partition coefficient (Wildman–Crippen LogP) is 1.96. The summed E-state index contributed by atoms with van der Waals surface area (Å²) >= 11 is 0. The van der Waals surface area contributed by atoms with Crippen molar-refractivity contribution in [3.8, 4) is 11.5 Å². The SMILES string of the molecule is C=CC(=O)N1CCCC(Nc2nnc(C(N)=O)c(Nc3ccc(-c4ncco4)cc3)n2)C1. The second kappa shape index (κ2) is 9.25. The molecular formula is C21H22N8O3. The fourth-order valence-electron chi connectivity index (χ4n) is 3.45. The third-order valence-electron chi connectivity index (χ3n) is 4.99. The Balaban J connectivity index is 1.51. The molecule has 1 unspecified atom stereocenters. The van der Waals surface area contributed by atoms with Crippen molar-refractivity contribution in [1.29, 1.82) is 0 Å². The van der Waals surface area contributed by atoms with Crippen molar-refractivity contribution >= 4 is 29.3 Å². The minimum atomic E-state index is -0.754. The van der Waals surface area contributed by atoms with E-state index in [1.165, 1.54) is 12.3 Å². The molecular weight excluding hydrogens is 412 g/mol. The number of carbonyl (C=O) groups excluding carboxylic acids is 2. The van der Waals surface area contributed by atoms with Gasteiger partial charge in [0.1, 0.15) is 6.26 Å². The molecule has 3 aromatic rings. The van der Waals surface area contributed by atoms with E-state index in [9.17, 15) is 9.59 Å². The van der Waals surface area contributed by atoms with Gasteiger partial charge in [0.15, 0.2) is 11.5 Å². The second-order valence-electron chi connectivity index (χ2n) is 7.21. The summed E-state index contributed by atoms with van der Waals surface area (Å²) in [7, 11) is 0. The summed E-state index contributed by atoms with van der Waals surface area (Å²) in [6.45, 7) is 4.71. The average molecular weight is 434 g/mol. The van der Waals surface area contributed by atoms with Gasteiger partial charge in [-0.3, -0.25) is 9.59 Å². The Kier molecular flexibility index (Phi) is 6.06. The molecule has 4 N–H and O–H groups in total. The smallest absolute Gasteiger partial charge is 0.273 e. The van der Waals surface area contributed by atoms with E-state index in [1.807, 2.05) is 12.1 Å². The van der Waals surface area contributed by atoms with E-state index < -0.39 is 5.91 Å². The molecule has 4 rings (SSSR count). The van der Waals surface area contributed by atoms with Gasteiger partial charge in [-0.05, 0) is 43.2 Å². The zero-order valence-corrected chi connectivity index (χ0v) is 17.2. The lowest BCUT2D eigenvalue weighted by molar-refractivity contribution is -0.127. The van der Waals surface area contributed by atoms with Gasteiger partial charge in [-0.25, -0.2) is 4.98 Å². The highest BCUT2D eigenvalue weighted by molar-refractivity contribution is 5.96. The fourth-order valence-corrected chi connectivity index (χ4v) is 3.45. The summed E-state index contributed by atoms with van der Waals surface area (Å²) in [6.07, 6.45) is 6.05. The summed E-state index contributed by atoms with van der Waals surface area (Å²) < 4.78 is 5.28. The molecule has 2 aromatic heterocycles. The van der Waals surface area contributed by atoms with Crippen LogP contribution < -0.4 is 16.4 Å². The molecule has 1 aliphatic heterocycles. The summed E-state index contributed by atoms with van der Waals surface area (Å²) in [6, 6.07) is 7.17. The van der Waals surface area contributed by atoms with Crippen molar-refractivity contribution < 1.29 is 14.0 Å². The number of likely N-dealkylation sites (tertiary alicyclic amines) is 1. The predicted molar refractivity (Wildman–Crippen MR) is 117 cm³/mol. The molecule has 0 aliphatic carbocycles. The third-order valence-corrected chi connectivity index (χ3v) is 4.99. The lowest BCUT2D eigenvalue weighted by Gasteiger charge is -2.32. The van der Waals surface area contributed by atoms with E-state index in [0.717, 1.165) is 18.4 Å². The Labute approximate surface area is 183 Å². The van der Waals surface area contributed by atoms with E-state index in [-0.39, 0.29) is 29.4 Å². The molecule has 32 heavy (non-hydrogen) atoms. The number of rotatable bonds is 7. The minimum absolute atomic E-state index is 0.0539. The maximum atomic E-state index is 11.9. The van der Waals surface area contributed by atoms with E-state index in [0.29, 0.717) is 24.7 Å². The summed E-state index contributed by atoms with van der Waals surface area (Å²) in [5, 5.41) is 14.2. The van der Waals surface area contributed by atoms with Crippen LogP contribution in [0.1, 0.15) is 23.3 Å². The van der Waals surface area contributed by atoms with E-state index in [2.05, 4.69) is 37.4 Å².